The first-order valence-corrected chi connectivity index (χ1v) is 5.43. The van der Waals surface area contributed by atoms with E-state index in [-0.39, 0.29) is 5.75 Å². The summed E-state index contributed by atoms with van der Waals surface area (Å²) in [4.78, 5) is 0.524. The van der Waals surface area contributed by atoms with Gasteiger partial charge in [0, 0.05) is 4.90 Å². The van der Waals surface area contributed by atoms with Gasteiger partial charge in [-0.3, -0.25) is 4.21 Å². The summed E-state index contributed by atoms with van der Waals surface area (Å²) in [5.74, 6) is -0.0298. The van der Waals surface area contributed by atoms with Crippen molar-refractivity contribution in [1.29, 1.82) is 5.26 Å². The van der Waals surface area contributed by atoms with Gasteiger partial charge >= 0.3 is 0 Å². The zero-order valence-electron chi connectivity index (χ0n) is 6.46. The van der Waals surface area contributed by atoms with E-state index in [0.717, 1.165) is 0 Å². The highest BCUT2D eigenvalue weighted by Crippen LogP contribution is 2.23. The Bertz CT molecular complexity index is 386. The van der Waals surface area contributed by atoms with E-state index < -0.39 is 10.8 Å². The van der Waals surface area contributed by atoms with Crippen molar-refractivity contribution in [3.8, 4) is 6.07 Å². The number of nitriles is 1. The summed E-state index contributed by atoms with van der Waals surface area (Å²) in [7, 11) is -1.31. The third-order valence-corrected chi connectivity index (χ3v) is 3.26. The Labute approximate surface area is 88.5 Å². The molecule has 0 saturated carbocycles. The molecule has 0 aliphatic carbocycles. The number of halogens is 2. The molecule has 0 bridgehead atoms. The van der Waals surface area contributed by atoms with Gasteiger partial charge in [-0.25, -0.2) is 0 Å². The first kappa shape index (κ1) is 10.5. The maximum Gasteiger partial charge on any atom is 0.115 e. The van der Waals surface area contributed by atoms with Crippen LogP contribution in [0.15, 0.2) is 23.1 Å². The largest absolute Gasteiger partial charge is 0.253 e. The topological polar surface area (TPSA) is 40.9 Å². The molecule has 0 aromatic heterocycles. The summed E-state index contributed by atoms with van der Waals surface area (Å²) in [5.41, 5.74) is 0. The molecule has 1 atom stereocenters. The van der Waals surface area contributed by atoms with E-state index in [0.29, 0.717) is 14.9 Å². The van der Waals surface area contributed by atoms with Gasteiger partial charge < -0.3 is 0 Å². The van der Waals surface area contributed by atoms with Crippen molar-refractivity contribution in [1.82, 2.24) is 0 Å². The second-order valence-electron chi connectivity index (χ2n) is 2.22. The molecule has 68 valence electrons. The van der Waals surface area contributed by atoms with Crippen molar-refractivity contribution in [3.63, 3.8) is 0 Å². The third-order valence-electron chi connectivity index (χ3n) is 1.35. The molecule has 1 rings (SSSR count). The van der Waals surface area contributed by atoms with Crippen molar-refractivity contribution >= 4 is 34.0 Å². The molecule has 0 N–H and O–H groups in total. The summed E-state index contributed by atoms with van der Waals surface area (Å²) in [5, 5.41) is 9.09. The minimum atomic E-state index is -1.31. The van der Waals surface area contributed by atoms with E-state index in [1.165, 1.54) is 6.07 Å². The van der Waals surface area contributed by atoms with Gasteiger partial charge in [0.05, 0.1) is 26.9 Å². The lowest BCUT2D eigenvalue weighted by molar-refractivity contribution is 0.685. The normalized spacial score (nSPS) is 12.1. The van der Waals surface area contributed by atoms with Crippen LogP contribution in [-0.2, 0) is 10.8 Å². The third kappa shape index (κ3) is 2.70. The summed E-state index contributed by atoms with van der Waals surface area (Å²) >= 11 is 11.4. The number of rotatable bonds is 2. The predicted octanol–water partition coefficient (Wildman–Crippen LogP) is 2.62. The average Bonchev–Trinajstić information content (AvgIpc) is 2.10. The van der Waals surface area contributed by atoms with Crippen molar-refractivity contribution in [2.75, 3.05) is 5.75 Å². The molecule has 1 aromatic rings. The van der Waals surface area contributed by atoms with Crippen molar-refractivity contribution in [3.05, 3.63) is 28.2 Å². The van der Waals surface area contributed by atoms with Crippen LogP contribution < -0.4 is 0 Å². The molecule has 2 nitrogen and oxygen atoms in total. The van der Waals surface area contributed by atoms with E-state index in [1.54, 1.807) is 12.1 Å². The number of benzene rings is 1. The zero-order chi connectivity index (χ0) is 9.84. The van der Waals surface area contributed by atoms with Gasteiger partial charge in [0.25, 0.3) is 0 Å². The first-order valence-electron chi connectivity index (χ1n) is 3.35. The van der Waals surface area contributed by atoms with Crippen LogP contribution in [0.2, 0.25) is 10.0 Å². The highest BCUT2D eigenvalue weighted by Gasteiger charge is 2.05. The lowest BCUT2D eigenvalue weighted by Gasteiger charge is -1.99. The van der Waals surface area contributed by atoms with Crippen LogP contribution in [0.3, 0.4) is 0 Å². The molecule has 0 heterocycles. The standard InChI is InChI=1S/C8H5Cl2NOS/c9-7-2-1-6(5-8(7)10)13(12)4-3-11/h1-2,5H,4H2. The zero-order valence-corrected chi connectivity index (χ0v) is 8.79. The summed E-state index contributed by atoms with van der Waals surface area (Å²) in [6.07, 6.45) is 0. The SMILES string of the molecule is N#CCS(=O)c1ccc(Cl)c(Cl)c1. The van der Waals surface area contributed by atoms with Gasteiger partial charge in [0.15, 0.2) is 0 Å². The second kappa shape index (κ2) is 4.61. The fourth-order valence-electron chi connectivity index (χ4n) is 0.760. The number of hydrogen-bond acceptors (Lipinski definition) is 2. The molecule has 1 unspecified atom stereocenters. The molecule has 0 aliphatic rings. The second-order valence-corrected chi connectivity index (χ2v) is 4.49. The Morgan fingerprint density at radius 1 is 1.38 bits per heavy atom. The molecule has 0 spiro atoms. The Hall–Kier alpha value is -0.560. The highest BCUT2D eigenvalue weighted by molar-refractivity contribution is 7.85. The van der Waals surface area contributed by atoms with Crippen LogP contribution in [0.5, 0.6) is 0 Å². The van der Waals surface area contributed by atoms with Crippen molar-refractivity contribution in [2.45, 2.75) is 4.90 Å². The van der Waals surface area contributed by atoms with Gasteiger partial charge in [-0.15, -0.1) is 0 Å². The van der Waals surface area contributed by atoms with Gasteiger partial charge in [0.2, 0.25) is 0 Å². The fourth-order valence-corrected chi connectivity index (χ4v) is 1.88. The van der Waals surface area contributed by atoms with E-state index in [1.807, 2.05) is 6.07 Å². The van der Waals surface area contributed by atoms with E-state index >= 15 is 0 Å². The summed E-state index contributed by atoms with van der Waals surface area (Å²) in [6.45, 7) is 0. The average molecular weight is 234 g/mol. The Morgan fingerprint density at radius 2 is 2.08 bits per heavy atom. The Balaban J connectivity index is 2.98. The van der Waals surface area contributed by atoms with Crippen LogP contribution in [0.1, 0.15) is 0 Å². The lowest BCUT2D eigenvalue weighted by Crippen LogP contribution is -1.94. The maximum absolute atomic E-state index is 11.3. The van der Waals surface area contributed by atoms with E-state index in [2.05, 4.69) is 0 Å². The van der Waals surface area contributed by atoms with Gasteiger partial charge in [0.1, 0.15) is 5.75 Å². The molecule has 1 aromatic carbocycles. The molecular formula is C8H5Cl2NOS. The van der Waals surface area contributed by atoms with Crippen molar-refractivity contribution in [2.24, 2.45) is 0 Å². The Kier molecular flexibility index (Phi) is 3.73. The van der Waals surface area contributed by atoms with Gasteiger partial charge in [-0.05, 0) is 18.2 Å². The summed E-state index contributed by atoms with van der Waals surface area (Å²) < 4.78 is 11.3. The minimum Gasteiger partial charge on any atom is -0.253 e. The van der Waals surface area contributed by atoms with E-state index in [9.17, 15) is 4.21 Å². The maximum atomic E-state index is 11.3. The molecule has 0 aliphatic heterocycles. The summed E-state index contributed by atoms with van der Waals surface area (Å²) in [6, 6.07) is 6.50. The monoisotopic (exact) mass is 233 g/mol. The Morgan fingerprint density at radius 3 is 2.62 bits per heavy atom. The van der Waals surface area contributed by atoms with Crippen LogP contribution in [0.4, 0.5) is 0 Å². The first-order chi connectivity index (χ1) is 6.15. The minimum absolute atomic E-state index is 0.0298. The molecular weight excluding hydrogens is 229 g/mol. The van der Waals surface area contributed by atoms with Gasteiger partial charge in [-0.2, -0.15) is 5.26 Å². The fraction of sp³-hybridized carbons (Fsp3) is 0.125. The lowest BCUT2D eigenvalue weighted by atomic mass is 10.4. The van der Waals surface area contributed by atoms with Crippen LogP contribution in [0, 0.1) is 11.3 Å². The van der Waals surface area contributed by atoms with E-state index in [4.69, 9.17) is 28.5 Å². The molecule has 0 fully saturated rings. The van der Waals surface area contributed by atoms with Crippen molar-refractivity contribution < 1.29 is 4.21 Å². The predicted molar refractivity (Wildman–Crippen MR) is 53.4 cm³/mol. The number of hydrogen-bond donors (Lipinski definition) is 0. The quantitative estimate of drug-likeness (QED) is 0.789. The molecule has 5 heteroatoms. The number of nitrogens with zero attached hydrogens (tertiary/aromatic N) is 1. The van der Waals surface area contributed by atoms with Crippen LogP contribution in [-0.4, -0.2) is 9.96 Å². The highest BCUT2D eigenvalue weighted by atomic mass is 35.5. The smallest absolute Gasteiger partial charge is 0.115 e. The van der Waals surface area contributed by atoms with Crippen LogP contribution >= 0.6 is 23.2 Å². The molecule has 0 saturated heterocycles. The van der Waals surface area contributed by atoms with Crippen LogP contribution in [0.25, 0.3) is 0 Å². The molecule has 13 heavy (non-hydrogen) atoms. The molecule has 0 radical (unpaired) electrons. The molecule has 0 amide bonds. The van der Waals surface area contributed by atoms with Gasteiger partial charge in [-0.1, -0.05) is 23.2 Å².